The van der Waals surface area contributed by atoms with Crippen molar-refractivity contribution in [3.63, 3.8) is 0 Å². The number of amides is 1. The Balaban J connectivity index is 1.66. The van der Waals surface area contributed by atoms with Crippen molar-refractivity contribution in [2.24, 2.45) is 0 Å². The van der Waals surface area contributed by atoms with Gasteiger partial charge in [-0.05, 0) is 34.9 Å². The van der Waals surface area contributed by atoms with Gasteiger partial charge in [-0.3, -0.25) is 10.1 Å². The van der Waals surface area contributed by atoms with Crippen molar-refractivity contribution in [1.82, 2.24) is 10.2 Å². The molecule has 34 heavy (non-hydrogen) atoms. The number of nitrogens with one attached hydrogen (secondary N) is 1. The second-order valence-corrected chi connectivity index (χ2v) is 8.32. The van der Waals surface area contributed by atoms with Crippen LogP contribution in [0.1, 0.15) is 38.8 Å². The van der Waals surface area contributed by atoms with Gasteiger partial charge in [0, 0.05) is 17.7 Å². The van der Waals surface area contributed by atoms with E-state index in [2.05, 4.69) is 5.32 Å². The van der Waals surface area contributed by atoms with Crippen LogP contribution in [0, 0.1) is 0 Å². The van der Waals surface area contributed by atoms with Crippen LogP contribution in [0.25, 0.3) is 0 Å². The summed E-state index contributed by atoms with van der Waals surface area (Å²) in [5, 5.41) is 14.8. The first-order valence-electron chi connectivity index (χ1n) is 11.2. The number of nitrogens with zero attached hydrogens (tertiary/aromatic N) is 1. The Hall–Kier alpha value is -3.93. The Morgan fingerprint density at radius 2 is 1.47 bits per heavy atom. The Kier molecular flexibility index (Phi) is 5.88. The molecule has 1 aliphatic heterocycles. The average Bonchev–Trinajstić information content (AvgIpc) is 3.13. The summed E-state index contributed by atoms with van der Waals surface area (Å²) in [5.74, 6) is 0.624. The van der Waals surface area contributed by atoms with E-state index in [0.717, 1.165) is 16.7 Å². The maximum Gasteiger partial charge on any atom is 0.256 e. The van der Waals surface area contributed by atoms with Gasteiger partial charge in [0.25, 0.3) is 5.91 Å². The van der Waals surface area contributed by atoms with Crippen molar-refractivity contribution < 1.29 is 14.6 Å². The van der Waals surface area contributed by atoms with E-state index in [4.69, 9.17) is 4.74 Å². The number of methoxy groups -OCH3 is 1. The van der Waals surface area contributed by atoms with E-state index in [9.17, 15) is 9.90 Å². The van der Waals surface area contributed by atoms with Crippen molar-refractivity contribution in [2.75, 3.05) is 7.11 Å². The van der Waals surface area contributed by atoms with Gasteiger partial charge in [-0.1, -0.05) is 91.0 Å². The number of hydrogen-bond donors (Lipinski definition) is 2. The Morgan fingerprint density at radius 3 is 2.15 bits per heavy atom. The molecule has 1 amide bonds. The summed E-state index contributed by atoms with van der Waals surface area (Å²) >= 11 is 0. The number of carbonyl (C=O) groups excluding carboxylic acids is 1. The SMILES string of the molecule is COc1ccc(C(O)NC2(c3ccccc3)c3ccccc3C(=O)N2Cc2ccccc2)cc1. The van der Waals surface area contributed by atoms with Crippen molar-refractivity contribution in [1.29, 1.82) is 0 Å². The quantitative estimate of drug-likeness (QED) is 0.396. The van der Waals surface area contributed by atoms with E-state index in [1.165, 1.54) is 0 Å². The second-order valence-electron chi connectivity index (χ2n) is 8.32. The van der Waals surface area contributed by atoms with Crippen LogP contribution in [0.3, 0.4) is 0 Å². The number of benzene rings is 4. The molecule has 2 atom stereocenters. The molecule has 0 saturated carbocycles. The summed E-state index contributed by atoms with van der Waals surface area (Å²) in [6.07, 6.45) is -1.04. The Bertz CT molecular complexity index is 1280. The summed E-state index contributed by atoms with van der Waals surface area (Å²) in [4.78, 5) is 15.6. The predicted octanol–water partition coefficient (Wildman–Crippen LogP) is 4.83. The molecule has 2 unspecified atom stereocenters. The summed E-state index contributed by atoms with van der Waals surface area (Å²) in [7, 11) is 1.61. The molecule has 0 aromatic heterocycles. The smallest absolute Gasteiger partial charge is 0.256 e. The minimum Gasteiger partial charge on any atom is -0.497 e. The molecule has 0 radical (unpaired) electrons. The van der Waals surface area contributed by atoms with Gasteiger partial charge in [-0.15, -0.1) is 0 Å². The van der Waals surface area contributed by atoms with Crippen LogP contribution in [0.2, 0.25) is 0 Å². The lowest BCUT2D eigenvalue weighted by atomic mass is 9.89. The van der Waals surface area contributed by atoms with Gasteiger partial charge >= 0.3 is 0 Å². The van der Waals surface area contributed by atoms with Crippen molar-refractivity contribution in [2.45, 2.75) is 18.4 Å². The summed E-state index contributed by atoms with van der Waals surface area (Å²) in [5.41, 5.74) is 2.92. The number of ether oxygens (including phenoxy) is 1. The third-order valence-electron chi connectivity index (χ3n) is 6.35. The zero-order valence-electron chi connectivity index (χ0n) is 18.9. The fourth-order valence-corrected chi connectivity index (χ4v) is 4.68. The first kappa shape index (κ1) is 21.9. The Labute approximate surface area is 199 Å². The van der Waals surface area contributed by atoms with Gasteiger partial charge in [-0.25, -0.2) is 0 Å². The fraction of sp³-hybridized carbons (Fsp3) is 0.138. The molecule has 0 fully saturated rings. The van der Waals surface area contributed by atoms with Crippen LogP contribution in [0.15, 0.2) is 109 Å². The van der Waals surface area contributed by atoms with Gasteiger partial charge in [0.15, 0.2) is 0 Å². The third kappa shape index (κ3) is 3.75. The number of aliphatic hydroxyl groups excluding tert-OH is 1. The summed E-state index contributed by atoms with van der Waals surface area (Å²) in [6, 6.07) is 34.6. The lowest BCUT2D eigenvalue weighted by molar-refractivity contribution is 0.0200. The minimum atomic E-state index is -1.07. The van der Waals surface area contributed by atoms with Crippen molar-refractivity contribution in [3.8, 4) is 5.75 Å². The molecular weight excluding hydrogens is 424 g/mol. The summed E-state index contributed by atoms with van der Waals surface area (Å²) < 4.78 is 5.26. The highest BCUT2D eigenvalue weighted by molar-refractivity contribution is 6.00. The molecule has 1 heterocycles. The monoisotopic (exact) mass is 450 g/mol. The molecule has 5 nitrogen and oxygen atoms in total. The Morgan fingerprint density at radius 1 is 0.853 bits per heavy atom. The molecule has 170 valence electrons. The molecular formula is C29H26N2O3. The van der Waals surface area contributed by atoms with E-state index in [-0.39, 0.29) is 5.91 Å². The van der Waals surface area contributed by atoms with Crippen LogP contribution in [-0.4, -0.2) is 23.0 Å². The molecule has 1 aliphatic rings. The highest BCUT2D eigenvalue weighted by Crippen LogP contribution is 2.44. The molecule has 4 aromatic rings. The lowest BCUT2D eigenvalue weighted by Crippen LogP contribution is -2.55. The predicted molar refractivity (Wildman–Crippen MR) is 131 cm³/mol. The molecule has 0 bridgehead atoms. The molecule has 0 saturated heterocycles. The minimum absolute atomic E-state index is 0.0854. The van der Waals surface area contributed by atoms with Gasteiger partial charge < -0.3 is 14.7 Å². The maximum atomic E-state index is 13.8. The number of carbonyl (C=O) groups is 1. The lowest BCUT2D eigenvalue weighted by Gasteiger charge is -2.42. The average molecular weight is 451 g/mol. The van der Waals surface area contributed by atoms with Crippen LogP contribution in [0.5, 0.6) is 5.75 Å². The largest absolute Gasteiger partial charge is 0.497 e. The fourth-order valence-electron chi connectivity index (χ4n) is 4.68. The summed E-state index contributed by atoms with van der Waals surface area (Å²) in [6.45, 7) is 0.381. The molecule has 0 aliphatic carbocycles. The van der Waals surface area contributed by atoms with E-state index < -0.39 is 11.9 Å². The van der Waals surface area contributed by atoms with E-state index >= 15 is 0 Å². The number of rotatable bonds is 7. The molecule has 0 spiro atoms. The van der Waals surface area contributed by atoms with Gasteiger partial charge in [0.1, 0.15) is 17.6 Å². The zero-order chi connectivity index (χ0) is 23.5. The van der Waals surface area contributed by atoms with E-state index in [1.54, 1.807) is 7.11 Å². The first-order valence-corrected chi connectivity index (χ1v) is 11.2. The normalized spacial score (nSPS) is 17.9. The molecule has 5 heteroatoms. The topological polar surface area (TPSA) is 61.8 Å². The second kappa shape index (κ2) is 9.14. The van der Waals surface area contributed by atoms with Gasteiger partial charge in [0.05, 0.1) is 7.11 Å². The van der Waals surface area contributed by atoms with Crippen molar-refractivity contribution in [3.05, 3.63) is 137 Å². The van der Waals surface area contributed by atoms with E-state index in [0.29, 0.717) is 23.4 Å². The molecule has 4 aromatic carbocycles. The van der Waals surface area contributed by atoms with Crippen molar-refractivity contribution >= 4 is 5.91 Å². The zero-order valence-corrected chi connectivity index (χ0v) is 18.9. The van der Waals surface area contributed by atoms with Crippen LogP contribution in [0.4, 0.5) is 0 Å². The number of fused-ring (bicyclic) bond motifs is 1. The number of hydrogen-bond acceptors (Lipinski definition) is 4. The first-order chi connectivity index (χ1) is 16.6. The standard InChI is InChI=1S/C29H26N2O3/c1-34-24-18-16-22(17-19-24)27(32)30-29(23-12-6-3-7-13-23)26-15-9-8-14-25(26)28(33)31(29)20-21-10-4-2-5-11-21/h2-19,27,30,32H,20H2,1H3. The number of aliphatic hydroxyl groups is 1. The van der Waals surface area contributed by atoms with Gasteiger partial charge in [0.2, 0.25) is 0 Å². The van der Waals surface area contributed by atoms with Crippen LogP contribution >= 0.6 is 0 Å². The van der Waals surface area contributed by atoms with E-state index in [1.807, 2.05) is 114 Å². The van der Waals surface area contributed by atoms with Crippen LogP contribution < -0.4 is 10.1 Å². The third-order valence-corrected chi connectivity index (χ3v) is 6.35. The molecule has 2 N–H and O–H groups in total. The molecule has 5 rings (SSSR count). The van der Waals surface area contributed by atoms with Crippen LogP contribution in [-0.2, 0) is 12.2 Å². The van der Waals surface area contributed by atoms with Gasteiger partial charge in [-0.2, -0.15) is 0 Å². The highest BCUT2D eigenvalue weighted by atomic mass is 16.5. The maximum absolute atomic E-state index is 13.8. The highest BCUT2D eigenvalue weighted by Gasteiger charge is 2.51.